The van der Waals surface area contributed by atoms with Crippen LogP contribution in [0.1, 0.15) is 31.2 Å². The molecule has 1 aliphatic carbocycles. The van der Waals surface area contributed by atoms with Crippen LogP contribution < -0.4 is 0 Å². The number of nitrogens with zero attached hydrogens (tertiary/aromatic N) is 1. The Balaban J connectivity index is 0.00000108. The topological polar surface area (TPSA) is 20.3 Å². The van der Waals surface area contributed by atoms with Crippen molar-refractivity contribution >= 4 is 5.91 Å². The van der Waals surface area contributed by atoms with E-state index in [0.717, 1.165) is 25.9 Å². The molecule has 90 valence electrons. The molecule has 3 heteroatoms. The molecule has 0 aromatic heterocycles. The average Bonchev–Trinajstić information content (AvgIpc) is 3.00. The van der Waals surface area contributed by atoms with Crippen molar-refractivity contribution in [1.29, 1.82) is 0 Å². The molecule has 1 saturated heterocycles. The van der Waals surface area contributed by atoms with Gasteiger partial charge in [-0.2, -0.15) is 30.3 Å². The summed E-state index contributed by atoms with van der Waals surface area (Å²) in [6, 6.07) is 11.3. The summed E-state index contributed by atoms with van der Waals surface area (Å²) < 4.78 is 0. The van der Waals surface area contributed by atoms with E-state index in [0.29, 0.717) is 5.91 Å². The molecule has 1 aromatic carbocycles. The molecule has 2 aliphatic rings. The number of hydrogen-bond acceptors (Lipinski definition) is 1. The Morgan fingerprint density at radius 1 is 1.29 bits per heavy atom. The van der Waals surface area contributed by atoms with Gasteiger partial charge in [0.25, 0.3) is 0 Å². The van der Waals surface area contributed by atoms with Crippen molar-refractivity contribution in [3.05, 3.63) is 35.9 Å². The minimum atomic E-state index is 0. The molecule has 0 N–H and O–H groups in total. The molecule has 0 radical (unpaired) electrons. The van der Waals surface area contributed by atoms with E-state index in [1.54, 1.807) is 0 Å². The largest absolute Gasteiger partial charge is 0.342 e. The van der Waals surface area contributed by atoms with Gasteiger partial charge in [0.1, 0.15) is 0 Å². The number of benzene rings is 1. The zero-order chi connectivity index (χ0) is 11.0. The maximum absolute atomic E-state index is 11.6. The molecule has 0 unspecified atom stereocenters. The smallest absolute Gasteiger partial charge is 0.222 e. The predicted molar refractivity (Wildman–Crippen MR) is 62.0 cm³/mol. The quantitative estimate of drug-likeness (QED) is 0.715. The third kappa shape index (κ3) is 2.47. The summed E-state index contributed by atoms with van der Waals surface area (Å²) >= 11 is 0. The first-order valence-electron chi connectivity index (χ1n) is 6.05. The van der Waals surface area contributed by atoms with Crippen molar-refractivity contribution in [2.24, 2.45) is 0 Å². The van der Waals surface area contributed by atoms with Crippen molar-refractivity contribution < 1.29 is 25.9 Å². The predicted octanol–water partition coefficient (Wildman–Crippen LogP) is 2.14. The van der Waals surface area contributed by atoms with Gasteiger partial charge < -0.3 is 4.90 Å². The Morgan fingerprint density at radius 3 is 2.53 bits per heavy atom. The van der Waals surface area contributed by atoms with E-state index in [4.69, 9.17) is 0 Å². The van der Waals surface area contributed by atoms with Gasteiger partial charge in [0.2, 0.25) is 5.91 Å². The van der Waals surface area contributed by atoms with Gasteiger partial charge in [0.15, 0.2) is 0 Å². The SMILES string of the molecule is O=C1CCCN1CC1(c2cc[c-]cc2)CC1.[W]. The van der Waals surface area contributed by atoms with Crippen molar-refractivity contribution in [1.82, 2.24) is 4.90 Å². The fourth-order valence-electron chi connectivity index (χ4n) is 2.67. The van der Waals surface area contributed by atoms with Crippen LogP contribution in [0.3, 0.4) is 0 Å². The van der Waals surface area contributed by atoms with E-state index >= 15 is 0 Å². The standard InChI is InChI=1S/C14H16NO.W/c16-13-7-4-10-15(13)11-14(8-9-14)12-5-2-1-3-6-12;/h2-3,5-6H,4,7-11H2;/q-1;. The second-order valence-corrected chi connectivity index (χ2v) is 4.99. The molecule has 1 aliphatic heterocycles. The fraction of sp³-hybridized carbons (Fsp3) is 0.500. The molecule has 1 heterocycles. The molecule has 2 nitrogen and oxygen atoms in total. The van der Waals surface area contributed by atoms with Crippen molar-refractivity contribution in [2.45, 2.75) is 31.1 Å². The number of carbonyl (C=O) groups excluding carboxylic acids is 1. The van der Waals surface area contributed by atoms with E-state index in [9.17, 15) is 4.79 Å². The molecular weight excluding hydrogens is 382 g/mol. The van der Waals surface area contributed by atoms with Crippen LogP contribution in [-0.4, -0.2) is 23.9 Å². The van der Waals surface area contributed by atoms with Crippen LogP contribution in [0.15, 0.2) is 24.3 Å². The first kappa shape index (κ1) is 12.8. The monoisotopic (exact) mass is 398 g/mol. The molecule has 1 amide bonds. The number of amides is 1. The average molecular weight is 398 g/mol. The second kappa shape index (κ2) is 4.94. The summed E-state index contributed by atoms with van der Waals surface area (Å²) in [6.07, 6.45) is 4.23. The van der Waals surface area contributed by atoms with Crippen molar-refractivity contribution in [3.63, 3.8) is 0 Å². The minimum Gasteiger partial charge on any atom is -0.342 e. The molecule has 17 heavy (non-hydrogen) atoms. The molecule has 0 atom stereocenters. The van der Waals surface area contributed by atoms with Crippen molar-refractivity contribution in [3.8, 4) is 0 Å². The molecule has 3 rings (SSSR count). The molecule has 0 bridgehead atoms. The van der Waals surface area contributed by atoms with E-state index in [2.05, 4.69) is 18.2 Å². The van der Waals surface area contributed by atoms with Gasteiger partial charge in [-0.15, -0.1) is 5.56 Å². The Labute approximate surface area is 117 Å². The van der Waals surface area contributed by atoms with E-state index in [-0.39, 0.29) is 26.5 Å². The van der Waals surface area contributed by atoms with Gasteiger partial charge in [-0.25, -0.2) is 0 Å². The summed E-state index contributed by atoms with van der Waals surface area (Å²) in [5.41, 5.74) is 1.65. The van der Waals surface area contributed by atoms with Gasteiger partial charge in [0, 0.05) is 40.6 Å². The minimum absolute atomic E-state index is 0. The number of rotatable bonds is 3. The summed E-state index contributed by atoms with van der Waals surface area (Å²) in [4.78, 5) is 13.7. The Bertz CT molecular complexity index is 400. The Kier molecular flexibility index (Phi) is 3.72. The number of carbonyl (C=O) groups is 1. The number of likely N-dealkylation sites (tertiary alicyclic amines) is 1. The van der Waals surface area contributed by atoms with Gasteiger partial charge in [-0.1, -0.05) is 0 Å². The molecular formula is C14H16NOW-. The first-order valence-corrected chi connectivity index (χ1v) is 6.05. The summed E-state index contributed by atoms with van der Waals surface area (Å²) in [7, 11) is 0. The van der Waals surface area contributed by atoms with Gasteiger partial charge in [0.05, 0.1) is 0 Å². The van der Waals surface area contributed by atoms with Crippen LogP contribution in [-0.2, 0) is 31.3 Å². The van der Waals surface area contributed by atoms with Crippen LogP contribution in [0.2, 0.25) is 0 Å². The van der Waals surface area contributed by atoms with Crippen LogP contribution in [0.25, 0.3) is 0 Å². The zero-order valence-electron chi connectivity index (χ0n) is 9.82. The Morgan fingerprint density at radius 2 is 2.00 bits per heavy atom. The Hall–Kier alpha value is -0.622. The maximum atomic E-state index is 11.6. The fourth-order valence-corrected chi connectivity index (χ4v) is 2.67. The summed E-state index contributed by atoms with van der Waals surface area (Å²) in [6.45, 7) is 1.88. The van der Waals surface area contributed by atoms with Gasteiger partial charge in [-0.05, 0) is 24.7 Å². The van der Waals surface area contributed by atoms with Gasteiger partial charge >= 0.3 is 0 Å². The normalized spacial score (nSPS) is 21.2. The third-order valence-corrected chi connectivity index (χ3v) is 3.85. The van der Waals surface area contributed by atoms with Crippen LogP contribution in [0.5, 0.6) is 0 Å². The molecule has 1 saturated carbocycles. The zero-order valence-corrected chi connectivity index (χ0v) is 12.7. The first-order chi connectivity index (χ1) is 7.80. The molecule has 1 aromatic rings. The van der Waals surface area contributed by atoms with Gasteiger partial charge in [-0.3, -0.25) is 4.79 Å². The maximum Gasteiger partial charge on any atom is 0.222 e. The number of hydrogen-bond donors (Lipinski definition) is 0. The molecule has 0 spiro atoms. The second-order valence-electron chi connectivity index (χ2n) is 4.99. The van der Waals surface area contributed by atoms with Crippen LogP contribution in [0.4, 0.5) is 0 Å². The van der Waals surface area contributed by atoms with Crippen LogP contribution >= 0.6 is 0 Å². The molecule has 2 fully saturated rings. The van der Waals surface area contributed by atoms with Crippen LogP contribution in [0, 0.1) is 6.07 Å². The van der Waals surface area contributed by atoms with E-state index in [1.165, 1.54) is 18.4 Å². The van der Waals surface area contributed by atoms with E-state index < -0.39 is 0 Å². The third-order valence-electron chi connectivity index (χ3n) is 3.85. The summed E-state index contributed by atoms with van der Waals surface area (Å²) in [5.74, 6) is 0.341. The van der Waals surface area contributed by atoms with Crippen molar-refractivity contribution in [2.75, 3.05) is 13.1 Å². The summed E-state index contributed by atoms with van der Waals surface area (Å²) in [5, 5.41) is 0. The van der Waals surface area contributed by atoms with E-state index in [1.807, 2.05) is 17.0 Å².